The molecule has 102 valence electrons. The molecule has 0 saturated carbocycles. The first-order chi connectivity index (χ1) is 9.41. The number of nitrogens with zero attached hydrogens (tertiary/aromatic N) is 1. The molecular weight excluding hydrogens is 268 g/mol. The lowest BCUT2D eigenvalue weighted by Gasteiger charge is -2.01. The Balaban J connectivity index is 2.66. The third-order valence-electron chi connectivity index (χ3n) is 2.53. The van der Waals surface area contributed by atoms with Gasteiger partial charge in [0.1, 0.15) is 5.82 Å². The second kappa shape index (κ2) is 4.84. The van der Waals surface area contributed by atoms with Crippen LogP contribution >= 0.6 is 0 Å². The molecule has 1 heterocycles. The SMILES string of the molecule is O=C(O)c1ccccc1-c1nc(C(=O)O)c(C(=O)O)[nH]1. The Morgan fingerprint density at radius 3 is 2.10 bits per heavy atom. The number of carboxylic acids is 3. The third kappa shape index (κ3) is 2.21. The Hall–Kier alpha value is -3.16. The van der Waals surface area contributed by atoms with Crippen LogP contribution in [0.5, 0.6) is 0 Å². The van der Waals surface area contributed by atoms with Gasteiger partial charge in [-0.25, -0.2) is 19.4 Å². The molecule has 0 bridgehead atoms. The van der Waals surface area contributed by atoms with Crippen LogP contribution in [-0.4, -0.2) is 43.2 Å². The summed E-state index contributed by atoms with van der Waals surface area (Å²) in [6.45, 7) is 0. The number of H-pyrrole nitrogens is 1. The zero-order chi connectivity index (χ0) is 14.9. The summed E-state index contributed by atoms with van der Waals surface area (Å²) in [7, 11) is 0. The Labute approximate surface area is 111 Å². The Bertz CT molecular complexity index is 687. The van der Waals surface area contributed by atoms with E-state index in [0.29, 0.717) is 0 Å². The van der Waals surface area contributed by atoms with Gasteiger partial charge in [-0.05, 0) is 6.07 Å². The van der Waals surface area contributed by atoms with E-state index < -0.39 is 29.3 Å². The van der Waals surface area contributed by atoms with Crippen molar-refractivity contribution < 1.29 is 29.7 Å². The fourth-order valence-electron chi connectivity index (χ4n) is 1.69. The van der Waals surface area contributed by atoms with E-state index in [1.807, 2.05) is 0 Å². The van der Waals surface area contributed by atoms with E-state index in [1.165, 1.54) is 24.3 Å². The van der Waals surface area contributed by atoms with Crippen LogP contribution < -0.4 is 0 Å². The van der Waals surface area contributed by atoms with Gasteiger partial charge in [-0.15, -0.1) is 0 Å². The highest BCUT2D eigenvalue weighted by molar-refractivity contribution is 6.01. The second-order valence-electron chi connectivity index (χ2n) is 3.77. The number of aromatic carboxylic acids is 3. The number of carboxylic acid groups (broad SMARTS) is 3. The Morgan fingerprint density at radius 2 is 1.60 bits per heavy atom. The van der Waals surface area contributed by atoms with Crippen LogP contribution in [0.15, 0.2) is 24.3 Å². The first-order valence-corrected chi connectivity index (χ1v) is 5.31. The number of hydrogen-bond donors (Lipinski definition) is 4. The van der Waals surface area contributed by atoms with Gasteiger partial charge < -0.3 is 20.3 Å². The second-order valence-corrected chi connectivity index (χ2v) is 3.77. The molecule has 0 fully saturated rings. The molecule has 0 spiro atoms. The molecule has 0 saturated heterocycles. The summed E-state index contributed by atoms with van der Waals surface area (Å²) >= 11 is 0. The Kier molecular flexibility index (Phi) is 3.21. The maximum Gasteiger partial charge on any atom is 0.357 e. The molecule has 0 amide bonds. The summed E-state index contributed by atoms with van der Waals surface area (Å²) in [5.74, 6) is -4.37. The molecule has 0 atom stereocenters. The summed E-state index contributed by atoms with van der Waals surface area (Å²) < 4.78 is 0. The summed E-state index contributed by atoms with van der Waals surface area (Å²) in [4.78, 5) is 38.9. The van der Waals surface area contributed by atoms with Crippen LogP contribution in [0.1, 0.15) is 31.3 Å². The molecule has 0 aliphatic heterocycles. The summed E-state index contributed by atoms with van der Waals surface area (Å²) in [6.07, 6.45) is 0. The van der Waals surface area contributed by atoms with Crippen LogP contribution in [0.4, 0.5) is 0 Å². The van der Waals surface area contributed by atoms with Gasteiger partial charge in [0.2, 0.25) is 0 Å². The van der Waals surface area contributed by atoms with Crippen molar-refractivity contribution in [1.29, 1.82) is 0 Å². The number of hydrogen-bond acceptors (Lipinski definition) is 4. The number of aromatic nitrogens is 2. The highest BCUT2D eigenvalue weighted by atomic mass is 16.4. The van der Waals surface area contributed by atoms with E-state index in [-0.39, 0.29) is 17.0 Å². The quantitative estimate of drug-likeness (QED) is 0.656. The van der Waals surface area contributed by atoms with Crippen molar-refractivity contribution in [2.24, 2.45) is 0 Å². The van der Waals surface area contributed by atoms with Gasteiger partial charge in [0.05, 0.1) is 5.56 Å². The summed E-state index contributed by atoms with van der Waals surface area (Å²) in [5, 5.41) is 26.8. The van der Waals surface area contributed by atoms with E-state index in [1.54, 1.807) is 0 Å². The lowest BCUT2D eigenvalue weighted by atomic mass is 10.1. The summed E-state index contributed by atoms with van der Waals surface area (Å²) in [6, 6.07) is 5.73. The minimum absolute atomic E-state index is 0.106. The molecule has 8 heteroatoms. The van der Waals surface area contributed by atoms with Crippen molar-refractivity contribution in [3.63, 3.8) is 0 Å². The molecule has 20 heavy (non-hydrogen) atoms. The van der Waals surface area contributed by atoms with Gasteiger partial charge in [0.15, 0.2) is 11.4 Å². The molecular formula is C12H8N2O6. The smallest absolute Gasteiger partial charge is 0.357 e. The lowest BCUT2D eigenvalue weighted by Crippen LogP contribution is -2.07. The number of benzene rings is 1. The van der Waals surface area contributed by atoms with Crippen molar-refractivity contribution in [2.75, 3.05) is 0 Å². The first-order valence-electron chi connectivity index (χ1n) is 5.31. The number of rotatable bonds is 4. The number of aromatic amines is 1. The maximum absolute atomic E-state index is 11.1. The number of carbonyl (C=O) groups is 3. The highest BCUT2D eigenvalue weighted by Crippen LogP contribution is 2.22. The van der Waals surface area contributed by atoms with Gasteiger partial charge in [-0.2, -0.15) is 0 Å². The fraction of sp³-hybridized carbons (Fsp3) is 0. The number of imidazole rings is 1. The van der Waals surface area contributed by atoms with Crippen molar-refractivity contribution in [1.82, 2.24) is 9.97 Å². The van der Waals surface area contributed by atoms with Gasteiger partial charge >= 0.3 is 17.9 Å². The standard InChI is InChI=1S/C12H8N2O6/c15-10(16)6-4-2-1-3-5(6)9-13-7(11(17)18)8(14-9)12(19)20/h1-4H,(H,13,14)(H,15,16)(H,17,18)(H,19,20). The predicted octanol–water partition coefficient (Wildman–Crippen LogP) is 1.17. The van der Waals surface area contributed by atoms with E-state index >= 15 is 0 Å². The number of nitrogens with one attached hydrogen (secondary N) is 1. The molecule has 1 aromatic heterocycles. The van der Waals surface area contributed by atoms with Crippen molar-refractivity contribution >= 4 is 17.9 Å². The zero-order valence-electron chi connectivity index (χ0n) is 9.82. The monoisotopic (exact) mass is 276 g/mol. The van der Waals surface area contributed by atoms with E-state index in [4.69, 9.17) is 15.3 Å². The van der Waals surface area contributed by atoms with Gasteiger partial charge in [0, 0.05) is 5.56 Å². The van der Waals surface area contributed by atoms with E-state index in [2.05, 4.69) is 9.97 Å². The molecule has 0 aliphatic carbocycles. The van der Waals surface area contributed by atoms with Gasteiger partial charge in [0.25, 0.3) is 0 Å². The lowest BCUT2D eigenvalue weighted by molar-refractivity contribution is 0.0644. The minimum atomic E-state index is -1.52. The van der Waals surface area contributed by atoms with Crippen LogP contribution in [-0.2, 0) is 0 Å². The van der Waals surface area contributed by atoms with Crippen LogP contribution in [0.2, 0.25) is 0 Å². The van der Waals surface area contributed by atoms with Gasteiger partial charge in [-0.1, -0.05) is 18.2 Å². The summed E-state index contributed by atoms with van der Waals surface area (Å²) in [5.41, 5.74) is -1.29. The van der Waals surface area contributed by atoms with Crippen LogP contribution in [0, 0.1) is 0 Å². The van der Waals surface area contributed by atoms with Crippen molar-refractivity contribution in [3.8, 4) is 11.4 Å². The molecule has 0 unspecified atom stereocenters. The maximum atomic E-state index is 11.1. The Morgan fingerprint density at radius 1 is 0.950 bits per heavy atom. The molecule has 0 radical (unpaired) electrons. The molecule has 2 rings (SSSR count). The molecule has 0 aliphatic rings. The van der Waals surface area contributed by atoms with Crippen molar-refractivity contribution in [3.05, 3.63) is 41.2 Å². The van der Waals surface area contributed by atoms with E-state index in [9.17, 15) is 14.4 Å². The molecule has 4 N–H and O–H groups in total. The van der Waals surface area contributed by atoms with Crippen LogP contribution in [0.3, 0.4) is 0 Å². The normalized spacial score (nSPS) is 10.2. The van der Waals surface area contributed by atoms with Crippen molar-refractivity contribution in [2.45, 2.75) is 0 Å². The molecule has 1 aromatic carbocycles. The van der Waals surface area contributed by atoms with Gasteiger partial charge in [-0.3, -0.25) is 0 Å². The molecule has 2 aromatic rings. The minimum Gasteiger partial charge on any atom is -0.478 e. The fourth-order valence-corrected chi connectivity index (χ4v) is 1.69. The topological polar surface area (TPSA) is 141 Å². The predicted molar refractivity (Wildman–Crippen MR) is 64.9 cm³/mol. The largest absolute Gasteiger partial charge is 0.478 e. The average Bonchev–Trinajstić information content (AvgIpc) is 2.83. The highest BCUT2D eigenvalue weighted by Gasteiger charge is 2.24. The zero-order valence-corrected chi connectivity index (χ0v) is 9.82. The first kappa shape index (κ1) is 13.3. The third-order valence-corrected chi connectivity index (χ3v) is 2.53. The van der Waals surface area contributed by atoms with E-state index in [0.717, 1.165) is 0 Å². The molecule has 8 nitrogen and oxygen atoms in total. The van der Waals surface area contributed by atoms with Crippen LogP contribution in [0.25, 0.3) is 11.4 Å². The average molecular weight is 276 g/mol.